The first kappa shape index (κ1) is 23.3. The molecule has 2 aliphatic heterocycles. The minimum atomic E-state index is -3.67. The largest absolute Gasteiger partial charge is 0.376 e. The molecule has 2 aromatic rings. The van der Waals surface area contributed by atoms with Gasteiger partial charge in [0.05, 0.1) is 16.6 Å². The number of ether oxygens (including phenoxy) is 1. The summed E-state index contributed by atoms with van der Waals surface area (Å²) in [5, 5.41) is 2.93. The van der Waals surface area contributed by atoms with E-state index in [4.69, 9.17) is 4.74 Å². The lowest BCUT2D eigenvalue weighted by atomic mass is 10.2. The number of hydrogen-bond donors (Lipinski definition) is 1. The molecule has 1 N–H and O–H groups in total. The van der Waals surface area contributed by atoms with Crippen molar-refractivity contribution in [2.24, 2.45) is 0 Å². The van der Waals surface area contributed by atoms with Crippen LogP contribution in [0, 0.1) is 0 Å². The van der Waals surface area contributed by atoms with Gasteiger partial charge in [-0.3, -0.25) is 9.59 Å². The number of amides is 1. The van der Waals surface area contributed by atoms with Crippen LogP contribution in [0.4, 0.5) is 5.82 Å². The van der Waals surface area contributed by atoms with Crippen LogP contribution in [0.1, 0.15) is 40.5 Å². The van der Waals surface area contributed by atoms with Crippen molar-refractivity contribution in [3.63, 3.8) is 0 Å². The van der Waals surface area contributed by atoms with Crippen molar-refractivity contribution in [3.8, 4) is 0 Å². The third-order valence-corrected chi connectivity index (χ3v) is 7.90. The van der Waals surface area contributed by atoms with Crippen LogP contribution >= 0.6 is 0 Å². The normalized spacial score (nSPS) is 19.4. The van der Waals surface area contributed by atoms with E-state index >= 15 is 0 Å². The van der Waals surface area contributed by atoms with E-state index in [0.29, 0.717) is 36.6 Å². The lowest BCUT2D eigenvalue weighted by Gasteiger charge is -2.35. The number of ketones is 1. The second kappa shape index (κ2) is 9.98. The number of pyridine rings is 1. The highest BCUT2D eigenvalue weighted by Gasteiger charge is 2.30. The van der Waals surface area contributed by atoms with E-state index < -0.39 is 10.0 Å². The van der Waals surface area contributed by atoms with Crippen LogP contribution < -0.4 is 10.2 Å². The number of benzene rings is 1. The first-order valence-corrected chi connectivity index (χ1v) is 12.5. The summed E-state index contributed by atoms with van der Waals surface area (Å²) >= 11 is 0. The number of carbonyl (C=O) groups is 2. The van der Waals surface area contributed by atoms with Crippen LogP contribution in [0.15, 0.2) is 47.5 Å². The number of Topliss-reactive ketones (excluding diaryl/α,β-unsaturated/α-hetero) is 1. The average molecular weight is 473 g/mol. The molecule has 3 heterocycles. The number of sulfonamides is 1. The minimum absolute atomic E-state index is 0.0485. The van der Waals surface area contributed by atoms with Crippen LogP contribution in [0.5, 0.6) is 0 Å². The molecule has 2 aliphatic rings. The van der Waals surface area contributed by atoms with Gasteiger partial charge in [0.2, 0.25) is 10.0 Å². The van der Waals surface area contributed by atoms with Gasteiger partial charge in [-0.2, -0.15) is 4.31 Å². The molecule has 1 atom stereocenters. The van der Waals surface area contributed by atoms with Crippen molar-refractivity contribution >= 4 is 27.5 Å². The number of anilines is 1. The Balaban J connectivity index is 1.41. The smallest absolute Gasteiger partial charge is 0.255 e. The molecule has 9 nitrogen and oxygen atoms in total. The van der Waals surface area contributed by atoms with Gasteiger partial charge in [0.15, 0.2) is 5.78 Å². The van der Waals surface area contributed by atoms with Crippen LogP contribution in [0.25, 0.3) is 0 Å². The molecular weight excluding hydrogens is 444 g/mol. The van der Waals surface area contributed by atoms with Gasteiger partial charge < -0.3 is 15.0 Å². The van der Waals surface area contributed by atoms with Crippen molar-refractivity contribution in [2.75, 3.05) is 44.2 Å². The molecule has 4 rings (SSSR count). The predicted octanol–water partition coefficient (Wildman–Crippen LogP) is 1.70. The molecular formula is C23H28N4O5S. The van der Waals surface area contributed by atoms with Gasteiger partial charge in [-0.05, 0) is 44.0 Å². The first-order chi connectivity index (χ1) is 15.9. The number of piperazine rings is 1. The van der Waals surface area contributed by atoms with E-state index in [-0.39, 0.29) is 35.8 Å². The Morgan fingerprint density at radius 3 is 2.48 bits per heavy atom. The highest BCUT2D eigenvalue weighted by molar-refractivity contribution is 7.89. The number of nitrogens with one attached hydrogen (secondary N) is 1. The molecule has 1 aromatic heterocycles. The van der Waals surface area contributed by atoms with Gasteiger partial charge in [0.1, 0.15) is 5.82 Å². The van der Waals surface area contributed by atoms with Gasteiger partial charge in [-0.15, -0.1) is 0 Å². The molecule has 0 bridgehead atoms. The third-order valence-electron chi connectivity index (χ3n) is 5.98. The Kier molecular flexibility index (Phi) is 7.06. The summed E-state index contributed by atoms with van der Waals surface area (Å²) in [6.45, 7) is 3.99. The predicted molar refractivity (Wildman–Crippen MR) is 123 cm³/mol. The average Bonchev–Trinajstić information content (AvgIpc) is 3.36. The van der Waals surface area contributed by atoms with E-state index in [0.717, 1.165) is 19.4 Å². The SMILES string of the molecule is CC(=O)c1ccc(S(=O)(=O)N2CCN(c3ncccc3C(=O)NCC3CCCO3)CC2)cc1. The van der Waals surface area contributed by atoms with Crippen LogP contribution in [-0.4, -0.2) is 74.8 Å². The summed E-state index contributed by atoms with van der Waals surface area (Å²) in [6.07, 6.45) is 3.62. The van der Waals surface area contributed by atoms with Crippen molar-refractivity contribution in [3.05, 3.63) is 53.7 Å². The van der Waals surface area contributed by atoms with E-state index in [1.807, 2.05) is 4.90 Å². The Morgan fingerprint density at radius 2 is 1.85 bits per heavy atom. The summed E-state index contributed by atoms with van der Waals surface area (Å²) in [7, 11) is -3.67. The number of rotatable bonds is 7. The van der Waals surface area contributed by atoms with Crippen molar-refractivity contribution in [2.45, 2.75) is 30.8 Å². The number of carbonyl (C=O) groups excluding carboxylic acids is 2. The zero-order valence-corrected chi connectivity index (χ0v) is 19.4. The lowest BCUT2D eigenvalue weighted by molar-refractivity contribution is 0.0857. The highest BCUT2D eigenvalue weighted by atomic mass is 32.2. The second-order valence-electron chi connectivity index (χ2n) is 8.19. The lowest BCUT2D eigenvalue weighted by Crippen LogP contribution is -2.49. The van der Waals surface area contributed by atoms with Gasteiger partial charge in [0.25, 0.3) is 5.91 Å². The van der Waals surface area contributed by atoms with Crippen LogP contribution in [0.3, 0.4) is 0 Å². The number of nitrogens with zero attached hydrogens (tertiary/aromatic N) is 3. The Labute approximate surface area is 193 Å². The fraction of sp³-hybridized carbons (Fsp3) is 0.435. The van der Waals surface area contributed by atoms with E-state index in [1.54, 1.807) is 18.3 Å². The Bertz CT molecular complexity index is 1110. The molecule has 10 heteroatoms. The van der Waals surface area contributed by atoms with E-state index in [9.17, 15) is 18.0 Å². The monoisotopic (exact) mass is 472 g/mol. The van der Waals surface area contributed by atoms with Crippen molar-refractivity contribution in [1.29, 1.82) is 0 Å². The quantitative estimate of drug-likeness (QED) is 0.611. The molecule has 0 aliphatic carbocycles. The molecule has 0 spiro atoms. The number of hydrogen-bond acceptors (Lipinski definition) is 7. The van der Waals surface area contributed by atoms with E-state index in [2.05, 4.69) is 10.3 Å². The molecule has 1 aromatic carbocycles. The maximum Gasteiger partial charge on any atom is 0.255 e. The first-order valence-electron chi connectivity index (χ1n) is 11.1. The van der Waals surface area contributed by atoms with Crippen molar-refractivity contribution in [1.82, 2.24) is 14.6 Å². The third kappa shape index (κ3) is 5.23. The molecule has 1 amide bonds. The summed E-state index contributed by atoms with van der Waals surface area (Å²) in [6, 6.07) is 9.44. The second-order valence-corrected chi connectivity index (χ2v) is 10.1. The zero-order chi connectivity index (χ0) is 23.4. The molecule has 0 saturated carbocycles. The fourth-order valence-electron chi connectivity index (χ4n) is 4.08. The molecule has 2 saturated heterocycles. The molecule has 2 fully saturated rings. The maximum absolute atomic E-state index is 13.0. The van der Waals surface area contributed by atoms with Gasteiger partial charge in [-0.1, -0.05) is 12.1 Å². The highest BCUT2D eigenvalue weighted by Crippen LogP contribution is 2.23. The fourth-order valence-corrected chi connectivity index (χ4v) is 5.51. The summed E-state index contributed by atoms with van der Waals surface area (Å²) in [5.41, 5.74) is 0.936. The van der Waals surface area contributed by atoms with Gasteiger partial charge >= 0.3 is 0 Å². The van der Waals surface area contributed by atoms with Gasteiger partial charge in [0, 0.05) is 51.1 Å². The zero-order valence-electron chi connectivity index (χ0n) is 18.6. The topological polar surface area (TPSA) is 109 Å². The van der Waals surface area contributed by atoms with Crippen molar-refractivity contribution < 1.29 is 22.7 Å². The Morgan fingerprint density at radius 1 is 1.12 bits per heavy atom. The van der Waals surface area contributed by atoms with Crippen LogP contribution in [0.2, 0.25) is 0 Å². The summed E-state index contributed by atoms with van der Waals surface area (Å²) < 4.78 is 33.0. The molecule has 0 radical (unpaired) electrons. The molecule has 176 valence electrons. The molecule has 33 heavy (non-hydrogen) atoms. The summed E-state index contributed by atoms with van der Waals surface area (Å²) in [4.78, 5) is 30.7. The maximum atomic E-state index is 13.0. The van der Waals surface area contributed by atoms with Crippen LogP contribution in [-0.2, 0) is 14.8 Å². The minimum Gasteiger partial charge on any atom is -0.376 e. The summed E-state index contributed by atoms with van der Waals surface area (Å²) in [5.74, 6) is 0.220. The Hall–Kier alpha value is -2.82. The standard InChI is InChI=1S/C23H28N4O5S/c1-17(28)18-6-8-20(9-7-18)33(30,31)27-13-11-26(12-14-27)22-21(5-2-10-24-22)23(29)25-16-19-4-3-15-32-19/h2,5-10,19H,3-4,11-16H2,1H3,(H,25,29). The number of aromatic nitrogens is 1. The molecule has 1 unspecified atom stereocenters. The van der Waals surface area contributed by atoms with Gasteiger partial charge in [-0.25, -0.2) is 13.4 Å². The van der Waals surface area contributed by atoms with E-state index in [1.165, 1.54) is 35.5 Å².